The van der Waals surface area contributed by atoms with Gasteiger partial charge in [-0.2, -0.15) is 0 Å². The van der Waals surface area contributed by atoms with Crippen molar-refractivity contribution in [2.45, 2.75) is 0 Å². The molecule has 0 aliphatic carbocycles. The van der Waals surface area contributed by atoms with Gasteiger partial charge in [-0.3, -0.25) is 28.2 Å². The minimum atomic E-state index is 0. The Bertz CT molecular complexity index is 4.14. The normalized spacial score (nSPS) is 0. The van der Waals surface area contributed by atoms with E-state index in [4.69, 9.17) is 0 Å². The topological polar surface area (TPSA) is 0 Å². The smallest absolute Gasteiger partial charge is 0 e. The van der Waals surface area contributed by atoms with Gasteiger partial charge in [-0.1, -0.05) is 0 Å². The summed E-state index contributed by atoms with van der Waals surface area (Å²) in [4.78, 5) is 0. The summed E-state index contributed by atoms with van der Waals surface area (Å²) in [5, 5.41) is 0. The first-order chi connectivity index (χ1) is 0. The molecule has 0 rings (SSSR count). The van der Waals surface area contributed by atoms with E-state index in [1.165, 1.54) is 0 Å². The summed E-state index contributed by atoms with van der Waals surface area (Å²) in [6.07, 6.45) is 0. The maximum absolute atomic E-state index is 0. The SMILES string of the molecule is F.F.F.F.F.F.[Os]. The summed E-state index contributed by atoms with van der Waals surface area (Å²) in [6.45, 7) is 0. The van der Waals surface area contributed by atoms with Gasteiger partial charge in [-0.05, 0) is 0 Å². The summed E-state index contributed by atoms with van der Waals surface area (Å²) < 4.78 is 0. The molecule has 0 bridgehead atoms. The second-order valence-corrected chi connectivity index (χ2v) is 0. The van der Waals surface area contributed by atoms with Crippen LogP contribution in [0.5, 0.6) is 0 Å². The molecule has 0 aromatic rings. The summed E-state index contributed by atoms with van der Waals surface area (Å²) in [5.74, 6) is 0. The third-order valence-corrected chi connectivity index (χ3v) is 0. The van der Waals surface area contributed by atoms with Gasteiger partial charge in [0.1, 0.15) is 0 Å². The van der Waals surface area contributed by atoms with Gasteiger partial charge in [-0.25, -0.2) is 0 Å². The van der Waals surface area contributed by atoms with Crippen LogP contribution in [-0.2, 0) is 19.8 Å². The molecule has 0 saturated heterocycles. The van der Waals surface area contributed by atoms with Crippen molar-refractivity contribution in [3.8, 4) is 0 Å². The third-order valence-electron chi connectivity index (χ3n) is 0. The molecule has 0 fully saturated rings. The Morgan fingerprint density at radius 1 is 0.286 bits per heavy atom. The number of rotatable bonds is 0. The molecule has 0 heterocycles. The molecule has 0 spiro atoms. The minimum Gasteiger partial charge on any atom is -0.269 e. The Labute approximate surface area is 48.9 Å². The molecule has 7 heavy (non-hydrogen) atoms. The molecule has 0 unspecified atom stereocenters. The first kappa shape index (κ1) is 5960. The maximum atomic E-state index is 0. The average molecular weight is 310 g/mol. The molecule has 0 N–H and O–H groups in total. The van der Waals surface area contributed by atoms with E-state index in [1.807, 2.05) is 0 Å². The first-order valence-electron chi connectivity index (χ1n) is 0. The van der Waals surface area contributed by atoms with E-state index in [9.17, 15) is 0 Å². The molecule has 0 aliphatic rings. The van der Waals surface area contributed by atoms with Crippen LogP contribution in [0.4, 0.5) is 28.2 Å². The van der Waals surface area contributed by atoms with Crippen molar-refractivity contribution in [3.05, 3.63) is 0 Å². The Morgan fingerprint density at radius 2 is 0.286 bits per heavy atom. The van der Waals surface area contributed by atoms with Crippen molar-refractivity contribution in [2.24, 2.45) is 0 Å². The summed E-state index contributed by atoms with van der Waals surface area (Å²) in [5.41, 5.74) is 0. The monoisotopic (exact) mass is 312 g/mol. The molecule has 7 heteroatoms. The second kappa shape index (κ2) is 3610. The van der Waals surface area contributed by atoms with Crippen LogP contribution in [0, 0.1) is 0 Å². The van der Waals surface area contributed by atoms with E-state index in [0.29, 0.717) is 0 Å². The van der Waals surface area contributed by atoms with Gasteiger partial charge in [0.05, 0.1) is 0 Å². The second-order valence-electron chi connectivity index (χ2n) is 0. The molecule has 56 valence electrons. The van der Waals surface area contributed by atoms with Gasteiger partial charge in [0.25, 0.3) is 0 Å². The molecule has 0 aromatic carbocycles. The fourth-order valence-electron chi connectivity index (χ4n) is 0. The van der Waals surface area contributed by atoms with Crippen LogP contribution in [0.15, 0.2) is 0 Å². The Balaban J connectivity index is 0. The molecule has 0 aromatic heterocycles. The van der Waals surface area contributed by atoms with Crippen molar-refractivity contribution in [1.82, 2.24) is 0 Å². The summed E-state index contributed by atoms with van der Waals surface area (Å²) in [6, 6.07) is 0. The van der Waals surface area contributed by atoms with Crippen LogP contribution in [0.1, 0.15) is 0 Å². The van der Waals surface area contributed by atoms with E-state index >= 15 is 0 Å². The molecular weight excluding hydrogens is 304 g/mol. The number of halogens is 6. The van der Waals surface area contributed by atoms with Crippen molar-refractivity contribution < 1.29 is 48.0 Å². The quantitative estimate of drug-likeness (QED) is 0.584. The summed E-state index contributed by atoms with van der Waals surface area (Å²) in [7, 11) is 0. The zero-order valence-electron chi connectivity index (χ0n) is 2.80. The van der Waals surface area contributed by atoms with Crippen LogP contribution < -0.4 is 0 Å². The summed E-state index contributed by atoms with van der Waals surface area (Å²) >= 11 is 0. The van der Waals surface area contributed by atoms with Crippen LogP contribution in [0.2, 0.25) is 0 Å². The fraction of sp³-hybridized carbons (Fsp3) is 0. The fourth-order valence-corrected chi connectivity index (χ4v) is 0. The zero-order valence-corrected chi connectivity index (χ0v) is 5.34. The van der Waals surface area contributed by atoms with E-state index in [0.717, 1.165) is 0 Å². The molecule has 0 aliphatic heterocycles. The van der Waals surface area contributed by atoms with Crippen molar-refractivity contribution >= 4 is 0 Å². The molecule has 0 atom stereocenters. The van der Waals surface area contributed by atoms with Gasteiger partial charge < -0.3 is 0 Å². The maximum Gasteiger partial charge on any atom is 0 e. The van der Waals surface area contributed by atoms with Crippen molar-refractivity contribution in [1.29, 1.82) is 0 Å². The van der Waals surface area contributed by atoms with Crippen LogP contribution in [-0.4, -0.2) is 0 Å². The zero-order chi connectivity index (χ0) is 0. The molecular formula is H6F6Os. The van der Waals surface area contributed by atoms with E-state index in [-0.39, 0.29) is 48.0 Å². The number of hydrogen-bond acceptors (Lipinski definition) is 0. The van der Waals surface area contributed by atoms with Gasteiger partial charge in [0.2, 0.25) is 0 Å². The van der Waals surface area contributed by atoms with E-state index < -0.39 is 0 Å². The van der Waals surface area contributed by atoms with Gasteiger partial charge >= 0.3 is 0 Å². The van der Waals surface area contributed by atoms with Gasteiger partial charge in [-0.15, -0.1) is 0 Å². The Morgan fingerprint density at radius 3 is 0.286 bits per heavy atom. The first-order valence-corrected chi connectivity index (χ1v) is 0. The van der Waals surface area contributed by atoms with Crippen molar-refractivity contribution in [2.75, 3.05) is 0 Å². The van der Waals surface area contributed by atoms with Gasteiger partial charge in [0, 0.05) is 19.8 Å². The molecule has 0 radical (unpaired) electrons. The number of hydrogen-bond donors (Lipinski definition) is 0. The Kier molecular flexibility index (Phi) is 3070000. The van der Waals surface area contributed by atoms with E-state index in [2.05, 4.69) is 0 Å². The van der Waals surface area contributed by atoms with Crippen LogP contribution in [0.3, 0.4) is 0 Å². The molecule has 0 amide bonds. The van der Waals surface area contributed by atoms with Crippen LogP contribution in [0.25, 0.3) is 0 Å². The van der Waals surface area contributed by atoms with Gasteiger partial charge in [0.15, 0.2) is 0 Å². The average Bonchev–Trinajstić information content (AvgIpc) is 0. The van der Waals surface area contributed by atoms with E-state index in [1.54, 1.807) is 0 Å². The Hall–Kier alpha value is 0.216. The molecule has 0 saturated carbocycles. The minimum absolute atomic E-state index is 0. The van der Waals surface area contributed by atoms with Crippen molar-refractivity contribution in [3.63, 3.8) is 0 Å². The third kappa shape index (κ3) is 2360. The predicted molar refractivity (Wildman–Crippen MR) is 15.0 cm³/mol. The van der Waals surface area contributed by atoms with Crippen LogP contribution >= 0.6 is 0 Å². The standard InChI is InChI=1S/6FH.Os/h6*1H;. The molecule has 0 nitrogen and oxygen atoms in total. The largest absolute Gasteiger partial charge is 0.269 e. The predicted octanol–water partition coefficient (Wildman–Crippen LogP) is 0.912.